The molecule has 2 rings (SSSR count). The Hall–Kier alpha value is -3.12. The number of ether oxygens (including phenoxy) is 1. The maximum atomic E-state index is 13.1. The van der Waals surface area contributed by atoms with Crippen molar-refractivity contribution in [2.45, 2.75) is 25.0 Å². The fraction of sp³-hybridized carbons (Fsp3) is 0.222. The minimum atomic E-state index is -1.10. The van der Waals surface area contributed by atoms with Gasteiger partial charge in [0.15, 0.2) is 6.10 Å². The second-order valence-electron chi connectivity index (χ2n) is 5.55. The summed E-state index contributed by atoms with van der Waals surface area (Å²) >= 11 is 0.934. The van der Waals surface area contributed by atoms with Crippen LogP contribution in [0.3, 0.4) is 0 Å². The number of amides is 1. The number of hydrogen-bond donors (Lipinski definition) is 2. The Morgan fingerprint density at radius 3 is 2.81 bits per heavy atom. The van der Waals surface area contributed by atoms with E-state index < -0.39 is 23.8 Å². The van der Waals surface area contributed by atoms with E-state index in [1.807, 2.05) is 6.07 Å². The van der Waals surface area contributed by atoms with Crippen LogP contribution in [0.2, 0.25) is 0 Å². The van der Waals surface area contributed by atoms with Gasteiger partial charge in [-0.15, -0.1) is 0 Å². The molecule has 0 unspecified atom stereocenters. The van der Waals surface area contributed by atoms with Gasteiger partial charge in [-0.05, 0) is 37.6 Å². The van der Waals surface area contributed by atoms with Crippen molar-refractivity contribution in [2.24, 2.45) is 0 Å². The summed E-state index contributed by atoms with van der Waals surface area (Å²) in [6, 6.07) is 8.58. The molecule has 0 radical (unpaired) electrons. The van der Waals surface area contributed by atoms with Gasteiger partial charge < -0.3 is 15.0 Å². The minimum Gasteiger partial charge on any atom is -0.452 e. The Morgan fingerprint density at radius 2 is 2.15 bits per heavy atom. The summed E-state index contributed by atoms with van der Waals surface area (Å²) in [6.45, 7) is 3.00. The number of H-pyrrole nitrogens is 1. The second kappa shape index (κ2) is 9.00. The molecule has 1 aromatic carbocycles. The van der Waals surface area contributed by atoms with Crippen LogP contribution in [0.25, 0.3) is 0 Å². The number of nitrogens with one attached hydrogen (secondary N) is 2. The van der Waals surface area contributed by atoms with E-state index in [0.29, 0.717) is 5.56 Å². The van der Waals surface area contributed by atoms with E-state index in [4.69, 9.17) is 10.00 Å². The van der Waals surface area contributed by atoms with E-state index in [9.17, 15) is 18.8 Å². The minimum absolute atomic E-state index is 0.203. The van der Waals surface area contributed by atoms with Crippen molar-refractivity contribution in [1.82, 2.24) is 4.98 Å². The number of pyridine rings is 1. The number of anilines is 1. The second-order valence-corrected chi connectivity index (χ2v) is 6.54. The van der Waals surface area contributed by atoms with Gasteiger partial charge in [-0.3, -0.25) is 14.4 Å². The molecule has 27 heavy (non-hydrogen) atoms. The summed E-state index contributed by atoms with van der Waals surface area (Å²) in [5.74, 6) is -2.02. The van der Waals surface area contributed by atoms with Crippen molar-refractivity contribution in [3.63, 3.8) is 0 Å². The van der Waals surface area contributed by atoms with Crippen molar-refractivity contribution >= 4 is 29.3 Å². The number of aromatic nitrogens is 1. The molecule has 1 heterocycles. The zero-order valence-electron chi connectivity index (χ0n) is 14.5. The first kappa shape index (κ1) is 20.2. The molecule has 1 atom stereocenters. The molecule has 0 aliphatic rings. The Kier molecular flexibility index (Phi) is 6.73. The number of rotatable bonds is 6. The predicted molar refractivity (Wildman–Crippen MR) is 97.8 cm³/mol. The number of aryl methyl sites for hydroxylation is 1. The maximum absolute atomic E-state index is 13.1. The molecule has 1 aromatic heterocycles. The Bertz CT molecular complexity index is 968. The quantitative estimate of drug-likeness (QED) is 0.579. The molecule has 1 amide bonds. The molecule has 0 bridgehead atoms. The van der Waals surface area contributed by atoms with Gasteiger partial charge in [0.2, 0.25) is 5.56 Å². The lowest BCUT2D eigenvalue weighted by Gasteiger charge is -2.13. The van der Waals surface area contributed by atoms with Crippen LogP contribution in [0, 0.1) is 24.1 Å². The van der Waals surface area contributed by atoms with Crippen LogP contribution in [0.4, 0.5) is 10.1 Å². The number of halogens is 1. The SMILES string of the molecule is Cc1cc(=O)[nH]c(SCC(=O)O[C@H](C)C(=O)Nc2cccc(F)c2)c1C#N. The van der Waals surface area contributed by atoms with Crippen molar-refractivity contribution in [1.29, 1.82) is 5.26 Å². The summed E-state index contributed by atoms with van der Waals surface area (Å²) in [5.41, 5.74) is 0.628. The lowest BCUT2D eigenvalue weighted by atomic mass is 10.2. The van der Waals surface area contributed by atoms with Crippen molar-refractivity contribution in [3.05, 3.63) is 57.6 Å². The molecule has 9 heteroatoms. The first-order valence-electron chi connectivity index (χ1n) is 7.83. The Balaban J connectivity index is 1.93. The van der Waals surface area contributed by atoms with Crippen LogP contribution < -0.4 is 10.9 Å². The van der Waals surface area contributed by atoms with Crippen LogP contribution >= 0.6 is 11.8 Å². The van der Waals surface area contributed by atoms with Crippen molar-refractivity contribution in [2.75, 3.05) is 11.1 Å². The van der Waals surface area contributed by atoms with Gasteiger partial charge in [0.25, 0.3) is 5.91 Å². The highest BCUT2D eigenvalue weighted by atomic mass is 32.2. The molecular formula is C18H16FN3O4S. The van der Waals surface area contributed by atoms with Crippen LogP contribution in [-0.4, -0.2) is 28.7 Å². The number of carbonyl (C=O) groups excluding carboxylic acids is 2. The monoisotopic (exact) mass is 389 g/mol. The third kappa shape index (κ3) is 5.69. The smallest absolute Gasteiger partial charge is 0.317 e. The number of hydrogen-bond acceptors (Lipinski definition) is 6. The molecule has 2 aromatic rings. The highest BCUT2D eigenvalue weighted by molar-refractivity contribution is 7.99. The van der Waals surface area contributed by atoms with Crippen molar-refractivity contribution < 1.29 is 18.7 Å². The highest BCUT2D eigenvalue weighted by Gasteiger charge is 2.19. The molecule has 2 N–H and O–H groups in total. The van der Waals surface area contributed by atoms with Gasteiger partial charge in [0.05, 0.1) is 16.3 Å². The molecule has 0 spiro atoms. The van der Waals surface area contributed by atoms with Gasteiger partial charge in [-0.2, -0.15) is 5.26 Å². The Morgan fingerprint density at radius 1 is 1.41 bits per heavy atom. The first-order chi connectivity index (χ1) is 12.8. The first-order valence-corrected chi connectivity index (χ1v) is 8.81. The number of nitrogens with zero attached hydrogens (tertiary/aromatic N) is 1. The van der Waals surface area contributed by atoms with E-state index in [-0.39, 0.29) is 27.6 Å². The van der Waals surface area contributed by atoms with E-state index in [1.54, 1.807) is 6.92 Å². The maximum Gasteiger partial charge on any atom is 0.317 e. The van der Waals surface area contributed by atoms with Crippen LogP contribution in [0.1, 0.15) is 18.1 Å². The molecule has 0 saturated carbocycles. The number of benzene rings is 1. The molecule has 0 fully saturated rings. The van der Waals surface area contributed by atoms with Gasteiger partial charge >= 0.3 is 5.97 Å². The van der Waals surface area contributed by atoms with Crippen LogP contribution in [0.5, 0.6) is 0 Å². The number of carbonyl (C=O) groups is 2. The average Bonchev–Trinajstić information content (AvgIpc) is 2.59. The number of thioether (sulfide) groups is 1. The summed E-state index contributed by atoms with van der Waals surface area (Å²) in [6.07, 6.45) is -1.10. The van der Waals surface area contributed by atoms with Gasteiger partial charge in [-0.1, -0.05) is 17.8 Å². The highest BCUT2D eigenvalue weighted by Crippen LogP contribution is 2.21. The third-order valence-electron chi connectivity index (χ3n) is 3.42. The molecule has 140 valence electrons. The van der Waals surface area contributed by atoms with E-state index in [0.717, 1.165) is 17.8 Å². The summed E-state index contributed by atoms with van der Waals surface area (Å²) in [4.78, 5) is 38.0. The van der Waals surface area contributed by atoms with E-state index in [1.165, 1.54) is 31.2 Å². The zero-order chi connectivity index (χ0) is 20.0. The standard InChI is InChI=1S/C18H16FN3O4S/c1-10-6-15(23)22-18(14(10)8-20)27-9-16(24)26-11(2)17(25)21-13-5-3-4-12(19)7-13/h3-7,11H,9H2,1-2H3,(H,21,25)(H,22,23)/t11-/m1/s1. The molecule has 0 aliphatic carbocycles. The van der Waals surface area contributed by atoms with Crippen LogP contribution in [0.15, 0.2) is 40.2 Å². The van der Waals surface area contributed by atoms with E-state index in [2.05, 4.69) is 10.3 Å². The topological polar surface area (TPSA) is 112 Å². The van der Waals surface area contributed by atoms with E-state index >= 15 is 0 Å². The average molecular weight is 389 g/mol. The zero-order valence-corrected chi connectivity index (χ0v) is 15.4. The fourth-order valence-corrected chi connectivity index (χ4v) is 2.99. The number of aromatic amines is 1. The predicted octanol–water partition coefficient (Wildman–Crippen LogP) is 2.36. The lowest BCUT2D eigenvalue weighted by molar-refractivity contribution is -0.150. The number of nitriles is 1. The molecule has 0 aliphatic heterocycles. The molecular weight excluding hydrogens is 373 g/mol. The number of esters is 1. The normalized spacial score (nSPS) is 11.3. The summed E-state index contributed by atoms with van der Waals surface area (Å²) in [7, 11) is 0. The molecule has 0 saturated heterocycles. The Labute approximate surface area is 158 Å². The van der Waals surface area contributed by atoms with Gasteiger partial charge in [0, 0.05) is 11.8 Å². The van der Waals surface area contributed by atoms with Gasteiger partial charge in [-0.25, -0.2) is 4.39 Å². The molecule has 7 nitrogen and oxygen atoms in total. The van der Waals surface area contributed by atoms with Gasteiger partial charge in [0.1, 0.15) is 11.9 Å². The summed E-state index contributed by atoms with van der Waals surface area (Å²) < 4.78 is 18.2. The van der Waals surface area contributed by atoms with Crippen LogP contribution in [-0.2, 0) is 14.3 Å². The fourth-order valence-electron chi connectivity index (χ4n) is 2.13. The lowest BCUT2D eigenvalue weighted by Crippen LogP contribution is -2.30. The third-order valence-corrected chi connectivity index (χ3v) is 4.40. The summed E-state index contributed by atoms with van der Waals surface area (Å²) in [5, 5.41) is 11.9. The largest absolute Gasteiger partial charge is 0.452 e. The van der Waals surface area contributed by atoms with Crippen molar-refractivity contribution in [3.8, 4) is 6.07 Å².